The summed E-state index contributed by atoms with van der Waals surface area (Å²) in [5.74, 6) is -0.531. The lowest BCUT2D eigenvalue weighted by molar-refractivity contribution is -0.179. The summed E-state index contributed by atoms with van der Waals surface area (Å²) in [5.41, 5.74) is 0. The molecule has 128 valence electrons. The maximum Gasteiger partial charge on any atom is 0.282 e. The van der Waals surface area contributed by atoms with E-state index < -0.39 is 16.0 Å². The minimum absolute atomic E-state index is 0.0832. The Balaban J connectivity index is 1.68. The van der Waals surface area contributed by atoms with Crippen LogP contribution in [0.1, 0.15) is 32.6 Å². The molecule has 1 spiro atoms. The van der Waals surface area contributed by atoms with Crippen molar-refractivity contribution < 1.29 is 17.9 Å². The van der Waals surface area contributed by atoms with Crippen LogP contribution in [0.3, 0.4) is 0 Å². The summed E-state index contributed by atoms with van der Waals surface area (Å²) in [4.78, 5) is 0. The molecule has 0 aromatic carbocycles. The second kappa shape index (κ2) is 6.70. The zero-order valence-electron chi connectivity index (χ0n) is 13.3. The number of hydrogen-bond acceptors (Lipinski definition) is 5. The monoisotopic (exact) mass is 333 g/mol. The molecule has 3 saturated heterocycles. The van der Waals surface area contributed by atoms with E-state index in [0.29, 0.717) is 45.7 Å². The quantitative estimate of drug-likeness (QED) is 0.775. The van der Waals surface area contributed by atoms with Crippen molar-refractivity contribution in [2.75, 3.05) is 45.9 Å². The molecule has 1 N–H and O–H groups in total. The molecule has 0 bridgehead atoms. The Hall–Kier alpha value is -0.250. The predicted octanol–water partition coefficient (Wildman–Crippen LogP) is 0.144. The van der Waals surface area contributed by atoms with Gasteiger partial charge < -0.3 is 14.8 Å². The molecule has 7 nitrogen and oxygen atoms in total. The normalized spacial score (nSPS) is 29.6. The average molecular weight is 333 g/mol. The summed E-state index contributed by atoms with van der Waals surface area (Å²) in [6, 6.07) is 0.0832. The highest BCUT2D eigenvalue weighted by Crippen LogP contribution is 2.33. The average Bonchev–Trinajstić information content (AvgIpc) is 3.17. The smallest absolute Gasteiger partial charge is 0.282 e. The van der Waals surface area contributed by atoms with Crippen LogP contribution in [0, 0.1) is 0 Å². The van der Waals surface area contributed by atoms with Crippen molar-refractivity contribution >= 4 is 10.2 Å². The number of rotatable bonds is 5. The Morgan fingerprint density at radius 1 is 1.27 bits per heavy atom. The first kappa shape index (κ1) is 16.6. The first-order valence-corrected chi connectivity index (χ1v) is 9.73. The predicted molar refractivity (Wildman–Crippen MR) is 82.6 cm³/mol. The third-order valence-corrected chi connectivity index (χ3v) is 6.90. The molecular weight excluding hydrogens is 306 g/mol. The molecule has 1 unspecified atom stereocenters. The number of ether oxygens (including phenoxy) is 2. The molecule has 22 heavy (non-hydrogen) atoms. The van der Waals surface area contributed by atoms with Gasteiger partial charge in [-0.3, -0.25) is 0 Å². The minimum atomic E-state index is -3.40. The Labute approximate surface area is 133 Å². The molecule has 1 atom stereocenters. The van der Waals surface area contributed by atoms with Crippen LogP contribution in [0.2, 0.25) is 0 Å². The highest BCUT2D eigenvalue weighted by atomic mass is 32.2. The Kier molecular flexibility index (Phi) is 5.06. The largest absolute Gasteiger partial charge is 0.347 e. The number of nitrogens with zero attached hydrogens (tertiary/aromatic N) is 2. The Morgan fingerprint density at radius 3 is 2.50 bits per heavy atom. The van der Waals surface area contributed by atoms with Gasteiger partial charge in [0.15, 0.2) is 5.79 Å². The molecule has 3 aliphatic rings. The number of hydrogen-bond donors (Lipinski definition) is 1. The van der Waals surface area contributed by atoms with E-state index in [-0.39, 0.29) is 6.04 Å². The van der Waals surface area contributed by atoms with Crippen molar-refractivity contribution in [3.05, 3.63) is 0 Å². The van der Waals surface area contributed by atoms with Crippen molar-refractivity contribution in [3.8, 4) is 0 Å². The van der Waals surface area contributed by atoms with Gasteiger partial charge >= 0.3 is 0 Å². The third-order valence-electron chi connectivity index (χ3n) is 4.81. The van der Waals surface area contributed by atoms with Crippen molar-refractivity contribution in [2.45, 2.75) is 44.4 Å². The van der Waals surface area contributed by atoms with Crippen LogP contribution in [0.4, 0.5) is 0 Å². The fourth-order valence-corrected chi connectivity index (χ4v) is 5.49. The van der Waals surface area contributed by atoms with E-state index in [1.165, 1.54) is 0 Å². The molecule has 0 saturated carbocycles. The fraction of sp³-hybridized carbons (Fsp3) is 1.00. The first-order chi connectivity index (χ1) is 10.6. The van der Waals surface area contributed by atoms with Gasteiger partial charge in [0, 0.05) is 45.1 Å². The summed E-state index contributed by atoms with van der Waals surface area (Å²) < 4.78 is 40.7. The van der Waals surface area contributed by atoms with Gasteiger partial charge in [0.25, 0.3) is 10.2 Å². The van der Waals surface area contributed by atoms with Crippen molar-refractivity contribution in [1.82, 2.24) is 13.9 Å². The van der Waals surface area contributed by atoms with Gasteiger partial charge in [-0.05, 0) is 19.4 Å². The van der Waals surface area contributed by atoms with Gasteiger partial charge in [-0.1, -0.05) is 6.92 Å². The van der Waals surface area contributed by atoms with Gasteiger partial charge in [0.2, 0.25) is 0 Å². The zero-order chi connectivity index (χ0) is 15.6. The molecule has 3 rings (SSSR count). The number of piperidine rings is 1. The molecule has 0 amide bonds. The molecular formula is C14H27N3O4S. The molecule has 0 radical (unpaired) electrons. The first-order valence-electron chi connectivity index (χ1n) is 8.33. The Bertz CT molecular complexity index is 462. The lowest BCUT2D eigenvalue weighted by Gasteiger charge is -2.40. The minimum Gasteiger partial charge on any atom is -0.347 e. The third kappa shape index (κ3) is 3.18. The van der Waals surface area contributed by atoms with Crippen LogP contribution in [0.5, 0.6) is 0 Å². The summed E-state index contributed by atoms with van der Waals surface area (Å²) in [5, 5.41) is 3.26. The van der Waals surface area contributed by atoms with Gasteiger partial charge in [-0.2, -0.15) is 17.0 Å². The van der Waals surface area contributed by atoms with E-state index in [4.69, 9.17) is 9.47 Å². The lowest BCUT2D eigenvalue weighted by Crippen LogP contribution is -2.54. The van der Waals surface area contributed by atoms with Gasteiger partial charge in [0.1, 0.15) is 0 Å². The highest BCUT2D eigenvalue weighted by molar-refractivity contribution is 7.86. The van der Waals surface area contributed by atoms with E-state index in [9.17, 15) is 8.42 Å². The molecule has 0 aromatic heterocycles. The maximum absolute atomic E-state index is 13.0. The van der Waals surface area contributed by atoms with Crippen LogP contribution in [0.25, 0.3) is 0 Å². The summed E-state index contributed by atoms with van der Waals surface area (Å²) in [6.45, 7) is 6.43. The molecule has 0 aromatic rings. The van der Waals surface area contributed by atoms with Crippen LogP contribution in [-0.4, -0.2) is 74.8 Å². The van der Waals surface area contributed by atoms with Crippen LogP contribution >= 0.6 is 0 Å². The van der Waals surface area contributed by atoms with Crippen molar-refractivity contribution in [2.24, 2.45) is 0 Å². The van der Waals surface area contributed by atoms with Crippen molar-refractivity contribution in [3.63, 3.8) is 0 Å². The summed E-state index contributed by atoms with van der Waals surface area (Å²) in [6.07, 6.45) is 2.97. The fourth-order valence-electron chi connectivity index (χ4n) is 3.58. The Morgan fingerprint density at radius 2 is 1.95 bits per heavy atom. The zero-order valence-corrected chi connectivity index (χ0v) is 14.1. The molecule has 3 fully saturated rings. The van der Waals surface area contributed by atoms with Crippen molar-refractivity contribution in [1.29, 1.82) is 0 Å². The molecule has 8 heteroatoms. The van der Waals surface area contributed by atoms with E-state index in [1.807, 2.05) is 6.92 Å². The molecule has 3 aliphatic heterocycles. The SMILES string of the molecule is CCCN(C1CCNC1)S(=O)(=O)N1CCC2(CC1)OCCO2. The van der Waals surface area contributed by atoms with Crippen LogP contribution < -0.4 is 5.32 Å². The van der Waals surface area contributed by atoms with E-state index in [2.05, 4.69) is 5.32 Å². The van der Waals surface area contributed by atoms with Crippen LogP contribution in [-0.2, 0) is 19.7 Å². The molecule has 3 heterocycles. The van der Waals surface area contributed by atoms with E-state index in [0.717, 1.165) is 25.9 Å². The number of nitrogens with one attached hydrogen (secondary N) is 1. The second-order valence-electron chi connectivity index (χ2n) is 6.27. The standard InChI is InChI=1S/C14H27N3O4S/c1-2-7-17(13-3-6-15-12-13)22(18,19)16-8-4-14(5-9-16)20-10-11-21-14/h13,15H,2-12H2,1H3. The van der Waals surface area contributed by atoms with Gasteiger partial charge in [-0.25, -0.2) is 0 Å². The second-order valence-corrected chi connectivity index (χ2v) is 8.15. The summed E-state index contributed by atoms with van der Waals surface area (Å²) in [7, 11) is -3.40. The van der Waals surface area contributed by atoms with Gasteiger partial charge in [0.05, 0.1) is 13.2 Å². The van der Waals surface area contributed by atoms with E-state index >= 15 is 0 Å². The topological polar surface area (TPSA) is 71.1 Å². The van der Waals surface area contributed by atoms with E-state index in [1.54, 1.807) is 8.61 Å². The van der Waals surface area contributed by atoms with Crippen LogP contribution in [0.15, 0.2) is 0 Å². The lowest BCUT2D eigenvalue weighted by atomic mass is 10.1. The maximum atomic E-state index is 13.0. The molecule has 0 aliphatic carbocycles. The summed E-state index contributed by atoms with van der Waals surface area (Å²) >= 11 is 0. The van der Waals surface area contributed by atoms with Gasteiger partial charge in [-0.15, -0.1) is 0 Å². The highest BCUT2D eigenvalue weighted by Gasteiger charge is 2.44.